The van der Waals surface area contributed by atoms with Crippen LogP contribution in [0.15, 0.2) is 72.8 Å². The third kappa shape index (κ3) is 4.78. The highest BCUT2D eigenvalue weighted by atomic mass is 35.5. The molecule has 0 saturated carbocycles. The third-order valence-corrected chi connectivity index (χ3v) is 4.68. The molecule has 4 nitrogen and oxygen atoms in total. The van der Waals surface area contributed by atoms with Crippen molar-refractivity contribution in [3.05, 3.63) is 100 Å². The molecule has 0 aliphatic rings. The number of hydrogen-bond donors (Lipinski definition) is 1. The standard InChI is InChI=1S/C23H21ClN2O2/c1-16-14-20(24)12-13-21(16)25-22(27)18-8-10-19(11-9-18)23(28)26(2)15-17-6-4-3-5-7-17/h3-14H,15H2,1-2H3,(H,25,27). The molecule has 1 N–H and O–H groups in total. The lowest BCUT2D eigenvalue weighted by Gasteiger charge is -2.17. The molecule has 28 heavy (non-hydrogen) atoms. The number of halogens is 1. The smallest absolute Gasteiger partial charge is 0.255 e. The Morgan fingerprint density at radius 2 is 1.57 bits per heavy atom. The Hall–Kier alpha value is -3.11. The first-order valence-electron chi connectivity index (χ1n) is 8.91. The van der Waals surface area contributed by atoms with E-state index in [9.17, 15) is 9.59 Å². The van der Waals surface area contributed by atoms with E-state index in [1.54, 1.807) is 54.4 Å². The van der Waals surface area contributed by atoms with Gasteiger partial charge in [-0.1, -0.05) is 41.9 Å². The summed E-state index contributed by atoms with van der Waals surface area (Å²) >= 11 is 5.95. The summed E-state index contributed by atoms with van der Waals surface area (Å²) < 4.78 is 0. The van der Waals surface area contributed by atoms with Gasteiger partial charge in [0, 0.05) is 35.4 Å². The Labute approximate surface area is 169 Å². The van der Waals surface area contributed by atoms with Crippen LogP contribution in [0.3, 0.4) is 0 Å². The minimum Gasteiger partial charge on any atom is -0.337 e. The van der Waals surface area contributed by atoms with Crippen LogP contribution < -0.4 is 5.32 Å². The Kier molecular flexibility index (Phi) is 6.12. The maximum absolute atomic E-state index is 12.6. The van der Waals surface area contributed by atoms with Crippen molar-refractivity contribution in [2.24, 2.45) is 0 Å². The zero-order valence-corrected chi connectivity index (χ0v) is 16.5. The summed E-state index contributed by atoms with van der Waals surface area (Å²) in [5, 5.41) is 3.49. The van der Waals surface area contributed by atoms with Crippen molar-refractivity contribution in [1.82, 2.24) is 4.90 Å². The lowest BCUT2D eigenvalue weighted by molar-refractivity contribution is 0.0784. The van der Waals surface area contributed by atoms with Crippen LogP contribution in [0, 0.1) is 6.92 Å². The molecule has 0 spiro atoms. The molecule has 3 aromatic rings. The van der Waals surface area contributed by atoms with Crippen LogP contribution in [0.5, 0.6) is 0 Å². The zero-order chi connectivity index (χ0) is 20.1. The number of benzene rings is 3. The molecule has 3 rings (SSSR count). The van der Waals surface area contributed by atoms with E-state index in [0.717, 1.165) is 11.1 Å². The summed E-state index contributed by atoms with van der Waals surface area (Å²) in [7, 11) is 1.76. The van der Waals surface area contributed by atoms with Gasteiger partial charge in [-0.05, 0) is 60.5 Å². The normalized spacial score (nSPS) is 10.4. The number of aryl methyl sites for hydroxylation is 1. The fraction of sp³-hybridized carbons (Fsp3) is 0.130. The quantitative estimate of drug-likeness (QED) is 0.650. The molecule has 0 radical (unpaired) electrons. The second-order valence-corrected chi connectivity index (χ2v) is 7.07. The van der Waals surface area contributed by atoms with Crippen LogP contribution in [0.1, 0.15) is 31.8 Å². The van der Waals surface area contributed by atoms with Crippen molar-refractivity contribution in [3.8, 4) is 0 Å². The maximum atomic E-state index is 12.6. The number of nitrogens with one attached hydrogen (secondary N) is 1. The Bertz CT molecular complexity index is 985. The van der Waals surface area contributed by atoms with Crippen LogP contribution in [0.2, 0.25) is 5.02 Å². The van der Waals surface area contributed by atoms with Crippen LogP contribution >= 0.6 is 11.6 Å². The minimum atomic E-state index is -0.234. The van der Waals surface area contributed by atoms with E-state index in [0.29, 0.717) is 28.4 Å². The van der Waals surface area contributed by atoms with Crippen molar-refractivity contribution in [3.63, 3.8) is 0 Å². The largest absolute Gasteiger partial charge is 0.337 e. The average molecular weight is 393 g/mol. The summed E-state index contributed by atoms with van der Waals surface area (Å²) in [4.78, 5) is 26.7. The summed E-state index contributed by atoms with van der Waals surface area (Å²) in [6.45, 7) is 2.41. The van der Waals surface area contributed by atoms with Gasteiger partial charge < -0.3 is 10.2 Å². The highest BCUT2D eigenvalue weighted by Gasteiger charge is 2.14. The molecule has 0 bridgehead atoms. The highest BCUT2D eigenvalue weighted by molar-refractivity contribution is 6.30. The first-order chi connectivity index (χ1) is 13.4. The van der Waals surface area contributed by atoms with Gasteiger partial charge in [0.1, 0.15) is 0 Å². The molecule has 5 heteroatoms. The van der Waals surface area contributed by atoms with E-state index in [-0.39, 0.29) is 11.8 Å². The van der Waals surface area contributed by atoms with Gasteiger partial charge in [0.2, 0.25) is 0 Å². The van der Waals surface area contributed by atoms with Gasteiger partial charge in [-0.25, -0.2) is 0 Å². The minimum absolute atomic E-state index is 0.0932. The first kappa shape index (κ1) is 19.6. The topological polar surface area (TPSA) is 49.4 Å². The summed E-state index contributed by atoms with van der Waals surface area (Å²) in [6.07, 6.45) is 0. The Balaban J connectivity index is 1.66. The third-order valence-electron chi connectivity index (χ3n) is 4.44. The molecular weight excluding hydrogens is 372 g/mol. The van der Waals surface area contributed by atoms with Crippen molar-refractivity contribution >= 4 is 29.1 Å². The van der Waals surface area contributed by atoms with Crippen LogP contribution in [0.4, 0.5) is 5.69 Å². The predicted octanol–water partition coefficient (Wildman–Crippen LogP) is 5.17. The van der Waals surface area contributed by atoms with Crippen LogP contribution in [0.25, 0.3) is 0 Å². The van der Waals surface area contributed by atoms with E-state index in [4.69, 9.17) is 11.6 Å². The molecule has 2 amide bonds. The summed E-state index contributed by atoms with van der Waals surface area (Å²) in [5.41, 5.74) is 3.68. The lowest BCUT2D eigenvalue weighted by Crippen LogP contribution is -2.26. The molecule has 0 aromatic heterocycles. The van der Waals surface area contributed by atoms with Gasteiger partial charge in [-0.2, -0.15) is 0 Å². The van der Waals surface area contributed by atoms with Crippen molar-refractivity contribution in [2.45, 2.75) is 13.5 Å². The highest BCUT2D eigenvalue weighted by Crippen LogP contribution is 2.20. The van der Waals surface area contributed by atoms with Gasteiger partial charge in [-0.3, -0.25) is 9.59 Å². The number of nitrogens with zero attached hydrogens (tertiary/aromatic N) is 1. The Morgan fingerprint density at radius 1 is 0.929 bits per heavy atom. The van der Waals surface area contributed by atoms with E-state index < -0.39 is 0 Å². The molecule has 142 valence electrons. The molecule has 3 aromatic carbocycles. The second kappa shape index (κ2) is 8.72. The number of carbonyl (C=O) groups excluding carboxylic acids is 2. The van der Waals surface area contributed by atoms with Crippen molar-refractivity contribution < 1.29 is 9.59 Å². The summed E-state index contributed by atoms with van der Waals surface area (Å²) in [6, 6.07) is 21.8. The van der Waals surface area contributed by atoms with Gasteiger partial charge >= 0.3 is 0 Å². The van der Waals surface area contributed by atoms with E-state index >= 15 is 0 Å². The fourth-order valence-corrected chi connectivity index (χ4v) is 3.10. The number of anilines is 1. The average Bonchev–Trinajstić information content (AvgIpc) is 2.70. The van der Waals surface area contributed by atoms with Crippen LogP contribution in [-0.4, -0.2) is 23.8 Å². The van der Waals surface area contributed by atoms with Crippen molar-refractivity contribution in [1.29, 1.82) is 0 Å². The van der Waals surface area contributed by atoms with Gasteiger partial charge in [0.25, 0.3) is 11.8 Å². The van der Waals surface area contributed by atoms with Gasteiger partial charge in [0.15, 0.2) is 0 Å². The number of hydrogen-bond acceptors (Lipinski definition) is 2. The molecular formula is C23H21ClN2O2. The van der Waals surface area contributed by atoms with E-state index in [2.05, 4.69) is 5.32 Å². The number of carbonyl (C=O) groups is 2. The first-order valence-corrected chi connectivity index (χ1v) is 9.29. The summed E-state index contributed by atoms with van der Waals surface area (Å²) in [5.74, 6) is -0.327. The molecule has 0 saturated heterocycles. The monoisotopic (exact) mass is 392 g/mol. The van der Waals surface area contributed by atoms with Gasteiger partial charge in [0.05, 0.1) is 0 Å². The molecule has 0 aliphatic carbocycles. The molecule has 0 heterocycles. The fourth-order valence-electron chi connectivity index (χ4n) is 2.88. The molecule has 0 fully saturated rings. The number of amides is 2. The van der Waals surface area contributed by atoms with E-state index in [1.165, 1.54) is 0 Å². The maximum Gasteiger partial charge on any atom is 0.255 e. The predicted molar refractivity (Wildman–Crippen MR) is 113 cm³/mol. The lowest BCUT2D eigenvalue weighted by atomic mass is 10.1. The number of rotatable bonds is 5. The van der Waals surface area contributed by atoms with E-state index in [1.807, 2.05) is 37.3 Å². The van der Waals surface area contributed by atoms with Crippen LogP contribution in [-0.2, 0) is 6.54 Å². The Morgan fingerprint density at radius 3 is 2.21 bits per heavy atom. The van der Waals surface area contributed by atoms with Crippen molar-refractivity contribution in [2.75, 3.05) is 12.4 Å². The second-order valence-electron chi connectivity index (χ2n) is 6.64. The zero-order valence-electron chi connectivity index (χ0n) is 15.8. The molecule has 0 atom stereocenters. The molecule has 0 unspecified atom stereocenters. The SMILES string of the molecule is Cc1cc(Cl)ccc1NC(=O)c1ccc(C(=O)N(C)Cc2ccccc2)cc1. The molecule has 0 aliphatic heterocycles. The van der Waals surface area contributed by atoms with Gasteiger partial charge in [-0.15, -0.1) is 0 Å².